The highest BCUT2D eigenvalue weighted by Crippen LogP contribution is 2.56. The summed E-state index contributed by atoms with van der Waals surface area (Å²) in [6.45, 7) is 2.47. The first-order valence-corrected chi connectivity index (χ1v) is 10.2. The second-order valence-electron chi connectivity index (χ2n) is 8.43. The van der Waals surface area contributed by atoms with E-state index in [0.29, 0.717) is 12.0 Å². The van der Waals surface area contributed by atoms with Crippen molar-refractivity contribution in [3.05, 3.63) is 64.2 Å². The molecule has 1 saturated carbocycles. The Morgan fingerprint density at radius 3 is 2.64 bits per heavy atom. The van der Waals surface area contributed by atoms with E-state index in [0.717, 1.165) is 10.9 Å². The van der Waals surface area contributed by atoms with Gasteiger partial charge in [-0.15, -0.1) is 0 Å². The molecule has 1 fully saturated rings. The Morgan fingerprint density at radius 1 is 1.00 bits per heavy atom. The summed E-state index contributed by atoms with van der Waals surface area (Å²) in [5, 5.41) is 4.81. The number of hydrogen-bond donors (Lipinski definition) is 1. The number of rotatable bonds is 1. The van der Waals surface area contributed by atoms with Gasteiger partial charge >= 0.3 is 0 Å². The van der Waals surface area contributed by atoms with Crippen molar-refractivity contribution in [2.24, 2.45) is 11.8 Å². The number of nitrogens with one attached hydrogen (secondary N) is 1. The van der Waals surface area contributed by atoms with Crippen LogP contribution in [0.1, 0.15) is 55.7 Å². The van der Waals surface area contributed by atoms with E-state index in [2.05, 4.69) is 48.6 Å². The van der Waals surface area contributed by atoms with Gasteiger partial charge in [0.2, 0.25) is 0 Å². The lowest BCUT2D eigenvalue weighted by molar-refractivity contribution is 0.211. The zero-order valence-electron chi connectivity index (χ0n) is 14.9. The molecule has 0 radical (unpaired) electrons. The van der Waals surface area contributed by atoms with Crippen molar-refractivity contribution in [2.45, 2.75) is 56.9 Å². The Morgan fingerprint density at radius 2 is 1.80 bits per heavy atom. The Labute approximate surface area is 155 Å². The van der Waals surface area contributed by atoms with E-state index in [1.807, 2.05) is 6.07 Å². The van der Waals surface area contributed by atoms with Crippen molar-refractivity contribution >= 4 is 17.3 Å². The molecule has 130 valence electrons. The second kappa shape index (κ2) is 5.77. The summed E-state index contributed by atoms with van der Waals surface area (Å²) in [5.74, 6) is 1.43. The maximum absolute atomic E-state index is 6.41. The van der Waals surface area contributed by atoms with Gasteiger partial charge in [0.1, 0.15) is 0 Å². The molecule has 5 rings (SSSR count). The van der Waals surface area contributed by atoms with Gasteiger partial charge < -0.3 is 5.32 Å². The van der Waals surface area contributed by atoms with Gasteiger partial charge in [0.05, 0.1) is 0 Å². The summed E-state index contributed by atoms with van der Waals surface area (Å²) in [6.07, 6.45) is 8.15. The third kappa shape index (κ3) is 2.28. The Kier molecular flexibility index (Phi) is 3.64. The molecular formula is C23H26ClN. The molecular weight excluding hydrogens is 326 g/mol. The zero-order chi connectivity index (χ0) is 17.0. The van der Waals surface area contributed by atoms with Gasteiger partial charge in [-0.25, -0.2) is 0 Å². The minimum absolute atomic E-state index is 0.0736. The predicted octanol–water partition coefficient (Wildman–Crippen LogP) is 6.19. The third-order valence-corrected chi connectivity index (χ3v) is 7.45. The molecule has 25 heavy (non-hydrogen) atoms. The van der Waals surface area contributed by atoms with Gasteiger partial charge in [0.15, 0.2) is 0 Å². The molecule has 0 saturated heterocycles. The molecule has 0 unspecified atom stereocenters. The smallest absolute Gasteiger partial charge is 0.0410 e. The first kappa shape index (κ1) is 15.8. The highest BCUT2D eigenvalue weighted by atomic mass is 35.5. The van der Waals surface area contributed by atoms with E-state index in [1.54, 1.807) is 0 Å². The van der Waals surface area contributed by atoms with E-state index in [-0.39, 0.29) is 5.41 Å². The first-order chi connectivity index (χ1) is 12.2. The van der Waals surface area contributed by atoms with Gasteiger partial charge in [-0.3, -0.25) is 0 Å². The Bertz CT molecular complexity index is 807. The van der Waals surface area contributed by atoms with Crippen LogP contribution in [-0.4, -0.2) is 6.04 Å². The van der Waals surface area contributed by atoms with Crippen LogP contribution in [-0.2, 0) is 11.8 Å². The average molecular weight is 352 g/mol. The van der Waals surface area contributed by atoms with Crippen LogP contribution in [0.2, 0.25) is 5.02 Å². The van der Waals surface area contributed by atoms with Crippen LogP contribution in [0.25, 0.3) is 0 Å². The fourth-order valence-corrected chi connectivity index (χ4v) is 6.14. The molecule has 2 aromatic rings. The summed E-state index contributed by atoms with van der Waals surface area (Å²) in [4.78, 5) is 0. The molecule has 0 amide bonds. The number of halogens is 1. The molecule has 0 bridgehead atoms. The summed E-state index contributed by atoms with van der Waals surface area (Å²) >= 11 is 6.41. The fourth-order valence-electron chi connectivity index (χ4n) is 5.97. The Balaban J connectivity index is 1.68. The number of benzene rings is 2. The van der Waals surface area contributed by atoms with Crippen LogP contribution < -0.4 is 5.32 Å². The summed E-state index contributed by atoms with van der Waals surface area (Å²) < 4.78 is 0. The molecule has 2 aromatic carbocycles. The van der Waals surface area contributed by atoms with Crippen LogP contribution in [0, 0.1) is 11.8 Å². The SMILES string of the molecule is C[C@]12c3ccccc3C[C@H]1[C@@H](C1CCCCC1)Nc1ccc(Cl)cc12. The van der Waals surface area contributed by atoms with Crippen LogP contribution >= 0.6 is 11.6 Å². The minimum atomic E-state index is 0.0736. The third-order valence-electron chi connectivity index (χ3n) is 7.21. The molecule has 0 spiro atoms. The van der Waals surface area contributed by atoms with Gasteiger partial charge in [-0.1, -0.05) is 62.1 Å². The number of hydrogen-bond acceptors (Lipinski definition) is 1. The van der Waals surface area contributed by atoms with Crippen molar-refractivity contribution in [3.63, 3.8) is 0 Å². The minimum Gasteiger partial charge on any atom is -0.381 e. The highest BCUT2D eigenvalue weighted by molar-refractivity contribution is 6.30. The largest absolute Gasteiger partial charge is 0.381 e. The van der Waals surface area contributed by atoms with Gasteiger partial charge in [-0.05, 0) is 66.0 Å². The molecule has 2 aliphatic carbocycles. The van der Waals surface area contributed by atoms with Crippen molar-refractivity contribution < 1.29 is 0 Å². The van der Waals surface area contributed by atoms with E-state index >= 15 is 0 Å². The fraction of sp³-hybridized carbons (Fsp3) is 0.478. The monoisotopic (exact) mass is 351 g/mol. The topological polar surface area (TPSA) is 12.0 Å². The van der Waals surface area contributed by atoms with Crippen LogP contribution in [0.5, 0.6) is 0 Å². The maximum Gasteiger partial charge on any atom is 0.0410 e. The lowest BCUT2D eigenvalue weighted by Gasteiger charge is -2.48. The maximum atomic E-state index is 6.41. The van der Waals surface area contributed by atoms with Crippen molar-refractivity contribution in [1.29, 1.82) is 0 Å². The van der Waals surface area contributed by atoms with E-state index in [9.17, 15) is 0 Å². The van der Waals surface area contributed by atoms with Gasteiger partial charge in [0.25, 0.3) is 0 Å². The van der Waals surface area contributed by atoms with E-state index < -0.39 is 0 Å². The molecule has 1 nitrogen and oxygen atoms in total. The van der Waals surface area contributed by atoms with Crippen molar-refractivity contribution in [2.75, 3.05) is 5.32 Å². The average Bonchev–Trinajstić information content (AvgIpc) is 2.96. The van der Waals surface area contributed by atoms with Crippen molar-refractivity contribution in [3.8, 4) is 0 Å². The summed E-state index contributed by atoms with van der Waals surface area (Å²) in [6, 6.07) is 16.1. The first-order valence-electron chi connectivity index (χ1n) is 9.83. The lowest BCUT2D eigenvalue weighted by atomic mass is 9.62. The van der Waals surface area contributed by atoms with E-state index in [1.165, 1.54) is 60.9 Å². The summed E-state index contributed by atoms with van der Waals surface area (Å²) in [5.41, 5.74) is 5.82. The van der Waals surface area contributed by atoms with Crippen LogP contribution in [0.15, 0.2) is 42.5 Å². The normalized spacial score (nSPS) is 31.0. The van der Waals surface area contributed by atoms with Gasteiger partial charge in [0, 0.05) is 22.2 Å². The highest BCUT2D eigenvalue weighted by Gasteiger charge is 2.52. The zero-order valence-corrected chi connectivity index (χ0v) is 15.7. The molecule has 2 heteroatoms. The molecule has 3 aliphatic rings. The number of fused-ring (bicyclic) bond motifs is 5. The number of anilines is 1. The quantitative estimate of drug-likeness (QED) is 0.645. The van der Waals surface area contributed by atoms with Gasteiger partial charge in [-0.2, -0.15) is 0 Å². The van der Waals surface area contributed by atoms with Crippen LogP contribution in [0.4, 0.5) is 5.69 Å². The lowest BCUT2D eigenvalue weighted by Crippen LogP contribution is -2.50. The molecule has 0 aromatic heterocycles. The molecule has 3 atom stereocenters. The molecule has 1 heterocycles. The standard InChI is InChI=1S/C23H26ClN/c1-23-18-10-6-5-9-16(18)13-20(23)22(15-7-3-2-4-8-15)25-21-12-11-17(24)14-19(21)23/h5-6,9-12,14-15,20,22,25H,2-4,7-8,13H2,1H3/t20-,22+,23+/m0/s1. The molecule has 1 N–H and O–H groups in total. The summed E-state index contributed by atoms with van der Waals surface area (Å²) in [7, 11) is 0. The Hall–Kier alpha value is -1.47. The van der Waals surface area contributed by atoms with Crippen LogP contribution in [0.3, 0.4) is 0 Å². The predicted molar refractivity (Wildman–Crippen MR) is 106 cm³/mol. The second-order valence-corrected chi connectivity index (χ2v) is 8.86. The van der Waals surface area contributed by atoms with E-state index in [4.69, 9.17) is 11.6 Å². The van der Waals surface area contributed by atoms with Crippen molar-refractivity contribution in [1.82, 2.24) is 0 Å². The molecule has 1 aliphatic heterocycles.